The van der Waals surface area contributed by atoms with Gasteiger partial charge in [0.05, 0.1) is 24.6 Å². The number of rotatable bonds is 5. The third kappa shape index (κ3) is 2.85. The molecule has 1 unspecified atom stereocenters. The van der Waals surface area contributed by atoms with Crippen LogP contribution in [0.25, 0.3) is 0 Å². The summed E-state index contributed by atoms with van der Waals surface area (Å²) in [6.07, 6.45) is 4.94. The number of carbonyl (C=O) groups is 1. The van der Waals surface area contributed by atoms with E-state index in [0.29, 0.717) is 23.3 Å². The highest BCUT2D eigenvalue weighted by atomic mass is 16.5. The Balaban J connectivity index is 1.65. The minimum Gasteiger partial charge on any atom is -0.481 e. The third-order valence-corrected chi connectivity index (χ3v) is 3.83. The lowest BCUT2D eigenvalue weighted by Crippen LogP contribution is -2.27. The minimum absolute atomic E-state index is 0.372. The lowest BCUT2D eigenvalue weighted by atomic mass is 9.94. The van der Waals surface area contributed by atoms with Crippen LogP contribution >= 0.6 is 0 Å². The molecule has 0 radical (unpaired) electrons. The maximum Gasteiger partial charge on any atom is 0.252 e. The molecule has 3 heterocycles. The second-order valence-corrected chi connectivity index (χ2v) is 5.25. The number of aromatic nitrogens is 4. The number of methoxy groups -OCH3 is 1. The lowest BCUT2D eigenvalue weighted by molar-refractivity contribution is 0.0998. The fourth-order valence-electron chi connectivity index (χ4n) is 2.66. The fraction of sp³-hybridized carbons (Fsp3) is 0.429. The van der Waals surface area contributed by atoms with E-state index in [1.54, 1.807) is 25.6 Å². The van der Waals surface area contributed by atoms with Gasteiger partial charge in [-0.05, 0) is 18.8 Å². The molecule has 0 aliphatic carbocycles. The molecule has 3 rings (SSSR count). The van der Waals surface area contributed by atoms with Crippen molar-refractivity contribution >= 4 is 11.9 Å². The molecule has 8 nitrogen and oxygen atoms in total. The molecule has 22 heavy (non-hydrogen) atoms. The topological polar surface area (TPSA) is 108 Å². The molecule has 8 heteroatoms. The molecule has 0 fully saturated rings. The first kappa shape index (κ1) is 14.3. The number of nitrogens with one attached hydrogen (secondary N) is 1. The van der Waals surface area contributed by atoms with Crippen molar-refractivity contribution in [3.8, 4) is 5.88 Å². The van der Waals surface area contributed by atoms with Crippen molar-refractivity contribution in [2.75, 3.05) is 19.0 Å². The van der Waals surface area contributed by atoms with Gasteiger partial charge in [0.2, 0.25) is 11.8 Å². The zero-order valence-corrected chi connectivity index (χ0v) is 12.3. The largest absolute Gasteiger partial charge is 0.481 e. The molecule has 0 spiro atoms. The molecular formula is C14H18N6O2. The number of amides is 1. The van der Waals surface area contributed by atoms with E-state index in [-0.39, 0.29) is 0 Å². The van der Waals surface area contributed by atoms with Crippen LogP contribution in [0.4, 0.5) is 5.95 Å². The molecule has 0 bridgehead atoms. The molecule has 116 valence electrons. The number of ether oxygens (including phenoxy) is 1. The van der Waals surface area contributed by atoms with E-state index in [4.69, 9.17) is 10.5 Å². The molecule has 0 saturated carbocycles. The van der Waals surface area contributed by atoms with Crippen LogP contribution in [0.3, 0.4) is 0 Å². The molecule has 1 aliphatic heterocycles. The maximum absolute atomic E-state index is 11.4. The van der Waals surface area contributed by atoms with Crippen molar-refractivity contribution in [3.63, 3.8) is 0 Å². The van der Waals surface area contributed by atoms with Crippen LogP contribution in [0.15, 0.2) is 18.5 Å². The van der Waals surface area contributed by atoms with Crippen LogP contribution < -0.4 is 15.8 Å². The SMILES string of the molecule is COc1ccnc(NCC2CCn3ncc(C(N)=O)c3C2)n1. The first-order valence-corrected chi connectivity index (χ1v) is 7.12. The van der Waals surface area contributed by atoms with E-state index in [1.807, 2.05) is 4.68 Å². The highest BCUT2D eigenvalue weighted by Crippen LogP contribution is 2.23. The van der Waals surface area contributed by atoms with Gasteiger partial charge in [-0.2, -0.15) is 10.1 Å². The number of hydrogen-bond acceptors (Lipinski definition) is 6. The van der Waals surface area contributed by atoms with E-state index >= 15 is 0 Å². The maximum atomic E-state index is 11.4. The summed E-state index contributed by atoms with van der Waals surface area (Å²) in [5.74, 6) is 1.01. The molecule has 0 aromatic carbocycles. The van der Waals surface area contributed by atoms with E-state index in [2.05, 4.69) is 20.4 Å². The monoisotopic (exact) mass is 302 g/mol. The molecular weight excluding hydrogens is 284 g/mol. The van der Waals surface area contributed by atoms with Crippen molar-refractivity contribution in [2.24, 2.45) is 11.7 Å². The molecule has 1 atom stereocenters. The summed E-state index contributed by atoms with van der Waals surface area (Å²) >= 11 is 0. The summed E-state index contributed by atoms with van der Waals surface area (Å²) in [6, 6.07) is 1.70. The first-order chi connectivity index (χ1) is 10.7. The van der Waals surface area contributed by atoms with E-state index < -0.39 is 5.91 Å². The summed E-state index contributed by atoms with van der Waals surface area (Å²) in [5, 5.41) is 7.42. The molecule has 1 aliphatic rings. The number of nitrogens with zero attached hydrogens (tertiary/aromatic N) is 4. The van der Waals surface area contributed by atoms with Gasteiger partial charge in [-0.15, -0.1) is 0 Å². The normalized spacial score (nSPS) is 16.9. The predicted molar refractivity (Wildman–Crippen MR) is 79.6 cm³/mol. The average molecular weight is 302 g/mol. The third-order valence-electron chi connectivity index (χ3n) is 3.83. The smallest absolute Gasteiger partial charge is 0.252 e. The molecule has 2 aromatic rings. The summed E-state index contributed by atoms with van der Waals surface area (Å²) in [6.45, 7) is 1.50. The Morgan fingerprint density at radius 3 is 3.23 bits per heavy atom. The van der Waals surface area contributed by atoms with Crippen LogP contribution in [0.1, 0.15) is 22.5 Å². The van der Waals surface area contributed by atoms with E-state index in [0.717, 1.165) is 31.6 Å². The van der Waals surface area contributed by atoms with Gasteiger partial charge in [0.25, 0.3) is 5.91 Å². The molecule has 1 amide bonds. The number of aryl methyl sites for hydroxylation is 1. The van der Waals surface area contributed by atoms with Gasteiger partial charge in [-0.25, -0.2) is 4.98 Å². The summed E-state index contributed by atoms with van der Waals surface area (Å²) in [5.41, 5.74) is 6.81. The van der Waals surface area contributed by atoms with Gasteiger partial charge in [-0.1, -0.05) is 0 Å². The van der Waals surface area contributed by atoms with Gasteiger partial charge < -0.3 is 15.8 Å². The predicted octanol–water partition coefficient (Wildman–Crippen LogP) is 0.455. The van der Waals surface area contributed by atoms with Crippen molar-refractivity contribution in [1.29, 1.82) is 0 Å². The van der Waals surface area contributed by atoms with Crippen LogP contribution in [0.2, 0.25) is 0 Å². The highest BCUT2D eigenvalue weighted by molar-refractivity contribution is 5.93. The number of fused-ring (bicyclic) bond motifs is 1. The fourth-order valence-corrected chi connectivity index (χ4v) is 2.66. The summed E-state index contributed by atoms with van der Waals surface area (Å²) < 4.78 is 6.93. The Hall–Kier alpha value is -2.64. The van der Waals surface area contributed by atoms with E-state index in [1.165, 1.54) is 0 Å². The van der Waals surface area contributed by atoms with Gasteiger partial charge in [0.1, 0.15) is 0 Å². The first-order valence-electron chi connectivity index (χ1n) is 7.12. The van der Waals surface area contributed by atoms with Crippen LogP contribution in [0, 0.1) is 5.92 Å². The van der Waals surface area contributed by atoms with E-state index in [9.17, 15) is 4.79 Å². The number of anilines is 1. The van der Waals surface area contributed by atoms with Crippen molar-refractivity contribution in [2.45, 2.75) is 19.4 Å². The lowest BCUT2D eigenvalue weighted by Gasteiger charge is -2.24. The zero-order valence-electron chi connectivity index (χ0n) is 12.3. The van der Waals surface area contributed by atoms with Crippen molar-refractivity contribution in [1.82, 2.24) is 19.7 Å². The standard InChI is InChI=1S/C14H18N6O2/c1-22-12-2-4-16-14(19-12)17-7-9-3-5-20-11(6-9)10(8-18-20)13(15)21/h2,4,8-9H,3,5-7H2,1H3,(H2,15,21)(H,16,17,19). The van der Waals surface area contributed by atoms with Gasteiger partial charge >= 0.3 is 0 Å². The molecule has 3 N–H and O–H groups in total. The number of carbonyl (C=O) groups excluding carboxylic acids is 1. The second-order valence-electron chi connectivity index (χ2n) is 5.25. The minimum atomic E-state index is -0.425. The Morgan fingerprint density at radius 1 is 1.59 bits per heavy atom. The Kier molecular flexibility index (Phi) is 3.90. The Morgan fingerprint density at radius 2 is 2.45 bits per heavy atom. The van der Waals surface area contributed by atoms with Crippen LogP contribution in [-0.2, 0) is 13.0 Å². The summed E-state index contributed by atoms with van der Waals surface area (Å²) in [7, 11) is 1.57. The van der Waals surface area contributed by atoms with Crippen LogP contribution in [0.5, 0.6) is 5.88 Å². The number of primary amides is 1. The Bertz CT molecular complexity index is 684. The second kappa shape index (κ2) is 6.00. The highest BCUT2D eigenvalue weighted by Gasteiger charge is 2.24. The zero-order chi connectivity index (χ0) is 15.5. The van der Waals surface area contributed by atoms with Crippen molar-refractivity contribution < 1.29 is 9.53 Å². The molecule has 2 aromatic heterocycles. The number of hydrogen-bond donors (Lipinski definition) is 2. The molecule has 0 saturated heterocycles. The Labute approximate surface area is 127 Å². The van der Waals surface area contributed by atoms with Crippen LogP contribution in [-0.4, -0.2) is 39.3 Å². The van der Waals surface area contributed by atoms with Gasteiger partial charge in [-0.3, -0.25) is 9.48 Å². The summed E-state index contributed by atoms with van der Waals surface area (Å²) in [4.78, 5) is 19.8. The quantitative estimate of drug-likeness (QED) is 0.830. The van der Waals surface area contributed by atoms with Gasteiger partial charge in [0.15, 0.2) is 0 Å². The van der Waals surface area contributed by atoms with Crippen molar-refractivity contribution in [3.05, 3.63) is 29.7 Å². The number of nitrogens with two attached hydrogens (primary N) is 1. The van der Waals surface area contributed by atoms with Gasteiger partial charge in [0, 0.05) is 25.4 Å². The average Bonchev–Trinajstić information content (AvgIpc) is 2.96.